The van der Waals surface area contributed by atoms with Gasteiger partial charge in [-0.25, -0.2) is 4.98 Å². The minimum atomic E-state index is 0.226. The lowest BCUT2D eigenvalue weighted by atomic mass is 10.0. The summed E-state index contributed by atoms with van der Waals surface area (Å²) in [7, 11) is 1.52. The average molecular weight is 272 g/mol. The van der Waals surface area contributed by atoms with Gasteiger partial charge in [0.15, 0.2) is 5.82 Å². The van der Waals surface area contributed by atoms with Gasteiger partial charge >= 0.3 is 6.01 Å². The Labute approximate surface area is 112 Å². The number of anilines is 1. The highest BCUT2D eigenvalue weighted by Gasteiger charge is 2.27. The SMILES string of the molecule is COc1ncc(Cl)c(NC2CCCC2CCO)n1. The minimum Gasteiger partial charge on any atom is -0.467 e. The number of aliphatic hydroxyl groups excluding tert-OH is 1. The molecule has 0 radical (unpaired) electrons. The van der Waals surface area contributed by atoms with Crippen LogP contribution >= 0.6 is 11.6 Å². The predicted octanol–water partition coefficient (Wildman–Crippen LogP) is 2.10. The van der Waals surface area contributed by atoms with Crippen LogP contribution in [0.4, 0.5) is 5.82 Å². The summed E-state index contributed by atoms with van der Waals surface area (Å²) in [6, 6.07) is 0.618. The van der Waals surface area contributed by atoms with Gasteiger partial charge in [0.05, 0.1) is 13.3 Å². The topological polar surface area (TPSA) is 67.3 Å². The van der Waals surface area contributed by atoms with Crippen molar-refractivity contribution in [1.29, 1.82) is 0 Å². The number of halogens is 1. The van der Waals surface area contributed by atoms with Gasteiger partial charge in [-0.1, -0.05) is 18.0 Å². The number of ether oxygens (including phenoxy) is 1. The lowest BCUT2D eigenvalue weighted by Crippen LogP contribution is -2.25. The van der Waals surface area contributed by atoms with Gasteiger partial charge in [0, 0.05) is 12.6 Å². The van der Waals surface area contributed by atoms with E-state index in [2.05, 4.69) is 15.3 Å². The molecule has 18 heavy (non-hydrogen) atoms. The fourth-order valence-corrected chi connectivity index (χ4v) is 2.61. The third kappa shape index (κ3) is 3.03. The number of hydrogen-bond acceptors (Lipinski definition) is 5. The van der Waals surface area contributed by atoms with Crippen LogP contribution < -0.4 is 10.1 Å². The normalized spacial score (nSPS) is 23.1. The molecule has 0 spiro atoms. The summed E-state index contributed by atoms with van der Waals surface area (Å²) in [5, 5.41) is 12.9. The zero-order valence-corrected chi connectivity index (χ0v) is 11.2. The van der Waals surface area contributed by atoms with E-state index in [0.29, 0.717) is 28.8 Å². The molecular formula is C12H18ClN3O2. The van der Waals surface area contributed by atoms with E-state index in [1.165, 1.54) is 19.7 Å². The highest BCUT2D eigenvalue weighted by Crippen LogP contribution is 2.32. The highest BCUT2D eigenvalue weighted by atomic mass is 35.5. The summed E-state index contributed by atoms with van der Waals surface area (Å²) in [6.07, 6.45) is 5.73. The van der Waals surface area contributed by atoms with E-state index in [4.69, 9.17) is 21.4 Å². The first kappa shape index (κ1) is 13.4. The Hall–Kier alpha value is -1.07. The third-order valence-electron chi connectivity index (χ3n) is 3.39. The molecule has 2 unspecified atom stereocenters. The molecule has 1 aromatic rings. The summed E-state index contributed by atoms with van der Waals surface area (Å²) >= 11 is 6.06. The van der Waals surface area contributed by atoms with E-state index in [1.54, 1.807) is 0 Å². The quantitative estimate of drug-likeness (QED) is 0.858. The molecule has 0 saturated heterocycles. The lowest BCUT2D eigenvalue weighted by molar-refractivity contribution is 0.254. The summed E-state index contributed by atoms with van der Waals surface area (Å²) in [5.74, 6) is 1.09. The summed E-state index contributed by atoms with van der Waals surface area (Å²) in [4.78, 5) is 8.15. The zero-order chi connectivity index (χ0) is 13.0. The largest absolute Gasteiger partial charge is 0.467 e. The monoisotopic (exact) mass is 271 g/mol. The molecule has 2 rings (SSSR count). The number of nitrogens with one attached hydrogen (secondary N) is 1. The molecule has 0 amide bonds. The van der Waals surface area contributed by atoms with Gasteiger partial charge in [-0.15, -0.1) is 0 Å². The second-order valence-electron chi connectivity index (χ2n) is 4.51. The van der Waals surface area contributed by atoms with Gasteiger partial charge in [0.2, 0.25) is 0 Å². The zero-order valence-electron chi connectivity index (χ0n) is 10.4. The van der Waals surface area contributed by atoms with Crippen molar-refractivity contribution in [2.75, 3.05) is 19.0 Å². The Balaban J connectivity index is 2.08. The number of nitrogens with zero attached hydrogens (tertiary/aromatic N) is 2. The van der Waals surface area contributed by atoms with E-state index in [-0.39, 0.29) is 6.61 Å². The van der Waals surface area contributed by atoms with Crippen LogP contribution in [-0.4, -0.2) is 34.8 Å². The van der Waals surface area contributed by atoms with Crippen molar-refractivity contribution in [2.24, 2.45) is 5.92 Å². The predicted molar refractivity (Wildman–Crippen MR) is 70.0 cm³/mol. The van der Waals surface area contributed by atoms with Gasteiger partial charge in [-0.05, 0) is 25.2 Å². The molecule has 0 bridgehead atoms. The molecule has 5 nitrogen and oxygen atoms in total. The van der Waals surface area contributed by atoms with Crippen molar-refractivity contribution in [3.63, 3.8) is 0 Å². The molecular weight excluding hydrogens is 254 g/mol. The Kier molecular flexibility index (Phi) is 4.60. The van der Waals surface area contributed by atoms with Crippen molar-refractivity contribution in [3.8, 4) is 6.01 Å². The van der Waals surface area contributed by atoms with Gasteiger partial charge in [-0.3, -0.25) is 0 Å². The van der Waals surface area contributed by atoms with Crippen molar-refractivity contribution in [1.82, 2.24) is 9.97 Å². The second kappa shape index (κ2) is 6.20. The van der Waals surface area contributed by atoms with Crippen LogP contribution in [0.5, 0.6) is 6.01 Å². The molecule has 1 aromatic heterocycles. The van der Waals surface area contributed by atoms with Crippen molar-refractivity contribution >= 4 is 17.4 Å². The molecule has 0 aromatic carbocycles. The van der Waals surface area contributed by atoms with Crippen LogP contribution in [0.15, 0.2) is 6.20 Å². The molecule has 1 saturated carbocycles. The number of methoxy groups -OCH3 is 1. The smallest absolute Gasteiger partial charge is 0.318 e. The van der Waals surface area contributed by atoms with Crippen LogP contribution in [0.2, 0.25) is 5.02 Å². The number of aromatic nitrogens is 2. The van der Waals surface area contributed by atoms with Gasteiger partial charge in [-0.2, -0.15) is 4.98 Å². The van der Waals surface area contributed by atoms with Crippen molar-refractivity contribution in [3.05, 3.63) is 11.2 Å². The van der Waals surface area contributed by atoms with Gasteiger partial charge in [0.25, 0.3) is 0 Å². The van der Waals surface area contributed by atoms with Crippen LogP contribution in [0.3, 0.4) is 0 Å². The summed E-state index contributed by atoms with van der Waals surface area (Å²) < 4.78 is 4.99. The van der Waals surface area contributed by atoms with Crippen LogP contribution in [-0.2, 0) is 0 Å². The molecule has 0 aliphatic heterocycles. The van der Waals surface area contributed by atoms with Crippen LogP contribution in [0.1, 0.15) is 25.7 Å². The maximum atomic E-state index is 9.05. The standard InChI is InChI=1S/C12H18ClN3O2/c1-18-12-14-7-9(13)11(16-12)15-10-4-2-3-8(10)5-6-17/h7-8,10,17H,2-6H2,1H3,(H,14,15,16). The average Bonchev–Trinajstić information content (AvgIpc) is 2.80. The molecule has 2 atom stereocenters. The Morgan fingerprint density at radius 1 is 1.56 bits per heavy atom. The lowest BCUT2D eigenvalue weighted by Gasteiger charge is -2.21. The molecule has 1 aliphatic rings. The third-order valence-corrected chi connectivity index (χ3v) is 3.66. The molecule has 1 heterocycles. The molecule has 100 valence electrons. The van der Waals surface area contributed by atoms with Gasteiger partial charge in [0.1, 0.15) is 5.02 Å². The fourth-order valence-electron chi connectivity index (χ4n) is 2.46. The van der Waals surface area contributed by atoms with Crippen LogP contribution in [0.25, 0.3) is 0 Å². The maximum Gasteiger partial charge on any atom is 0.318 e. The second-order valence-corrected chi connectivity index (χ2v) is 4.91. The van der Waals surface area contributed by atoms with Crippen LogP contribution in [0, 0.1) is 5.92 Å². The number of hydrogen-bond donors (Lipinski definition) is 2. The van der Waals surface area contributed by atoms with Crippen molar-refractivity contribution in [2.45, 2.75) is 31.7 Å². The Morgan fingerprint density at radius 2 is 2.39 bits per heavy atom. The van der Waals surface area contributed by atoms with Crippen molar-refractivity contribution < 1.29 is 9.84 Å². The molecule has 1 fully saturated rings. The summed E-state index contributed by atoms with van der Waals surface area (Å²) in [5.41, 5.74) is 0. The van der Waals surface area contributed by atoms with E-state index >= 15 is 0 Å². The summed E-state index contributed by atoms with van der Waals surface area (Å²) in [6.45, 7) is 0.226. The highest BCUT2D eigenvalue weighted by molar-refractivity contribution is 6.32. The fraction of sp³-hybridized carbons (Fsp3) is 0.667. The molecule has 6 heteroatoms. The number of aliphatic hydroxyl groups is 1. The van der Waals surface area contributed by atoms with E-state index < -0.39 is 0 Å². The molecule has 1 aliphatic carbocycles. The van der Waals surface area contributed by atoms with E-state index in [9.17, 15) is 0 Å². The maximum absolute atomic E-state index is 9.05. The van der Waals surface area contributed by atoms with E-state index in [1.807, 2.05) is 0 Å². The van der Waals surface area contributed by atoms with Gasteiger partial charge < -0.3 is 15.2 Å². The minimum absolute atomic E-state index is 0.226. The first-order chi connectivity index (χ1) is 8.74. The number of rotatable bonds is 5. The Bertz CT molecular complexity index is 403. The first-order valence-electron chi connectivity index (χ1n) is 6.18. The first-order valence-corrected chi connectivity index (χ1v) is 6.56. The Morgan fingerprint density at radius 3 is 3.11 bits per heavy atom. The molecule has 2 N–H and O–H groups in total. The van der Waals surface area contributed by atoms with E-state index in [0.717, 1.165) is 19.3 Å².